The molecule has 2 atom stereocenters. The molecular formula is C18H21F3N2O5S. The first kappa shape index (κ1) is 21.4. The minimum atomic E-state index is -4.75. The maximum absolute atomic E-state index is 12.3. The van der Waals surface area contributed by atoms with Crippen molar-refractivity contribution in [2.75, 3.05) is 24.6 Å². The summed E-state index contributed by atoms with van der Waals surface area (Å²) in [6.45, 7) is 0.467. The van der Waals surface area contributed by atoms with Gasteiger partial charge in [0.15, 0.2) is 9.84 Å². The van der Waals surface area contributed by atoms with Crippen molar-refractivity contribution in [3.8, 4) is 5.75 Å². The second-order valence-corrected chi connectivity index (χ2v) is 9.47. The van der Waals surface area contributed by atoms with Crippen molar-refractivity contribution >= 4 is 21.7 Å². The highest BCUT2D eigenvalue weighted by atomic mass is 32.2. The van der Waals surface area contributed by atoms with Gasteiger partial charge >= 0.3 is 6.36 Å². The zero-order valence-electron chi connectivity index (χ0n) is 15.4. The number of carbonyl (C=O) groups is 2. The smallest absolute Gasteiger partial charge is 0.406 e. The van der Waals surface area contributed by atoms with Gasteiger partial charge in [-0.1, -0.05) is 12.1 Å². The molecule has 0 bridgehead atoms. The van der Waals surface area contributed by atoms with Crippen LogP contribution in [0, 0.1) is 5.92 Å². The Morgan fingerprint density at radius 1 is 1.24 bits per heavy atom. The highest BCUT2D eigenvalue weighted by molar-refractivity contribution is 7.91. The van der Waals surface area contributed by atoms with Crippen molar-refractivity contribution in [3.05, 3.63) is 29.8 Å². The van der Waals surface area contributed by atoms with E-state index in [0.717, 1.165) is 5.56 Å². The minimum absolute atomic E-state index is 0.0475. The molecule has 1 aromatic carbocycles. The van der Waals surface area contributed by atoms with Gasteiger partial charge in [-0.05, 0) is 30.5 Å². The van der Waals surface area contributed by atoms with Gasteiger partial charge in [0.2, 0.25) is 11.8 Å². The van der Waals surface area contributed by atoms with E-state index in [2.05, 4.69) is 10.1 Å². The molecule has 11 heteroatoms. The molecule has 2 fully saturated rings. The van der Waals surface area contributed by atoms with Crippen LogP contribution in [0.15, 0.2) is 24.3 Å². The molecule has 0 aromatic heterocycles. The molecule has 0 radical (unpaired) electrons. The molecule has 29 heavy (non-hydrogen) atoms. The Morgan fingerprint density at radius 3 is 2.52 bits per heavy atom. The van der Waals surface area contributed by atoms with Crippen LogP contribution in [0.5, 0.6) is 5.75 Å². The molecule has 0 unspecified atom stereocenters. The topological polar surface area (TPSA) is 92.8 Å². The predicted molar refractivity (Wildman–Crippen MR) is 96.7 cm³/mol. The van der Waals surface area contributed by atoms with E-state index in [1.807, 2.05) is 0 Å². The van der Waals surface area contributed by atoms with E-state index in [9.17, 15) is 31.2 Å². The van der Waals surface area contributed by atoms with E-state index >= 15 is 0 Å². The number of alkyl halides is 3. The Kier molecular flexibility index (Phi) is 6.06. The number of nitrogens with one attached hydrogen (secondary N) is 1. The largest absolute Gasteiger partial charge is 0.573 e. The monoisotopic (exact) mass is 434 g/mol. The van der Waals surface area contributed by atoms with E-state index < -0.39 is 22.1 Å². The van der Waals surface area contributed by atoms with Crippen molar-refractivity contribution in [2.45, 2.75) is 31.7 Å². The maximum Gasteiger partial charge on any atom is 0.573 e. The van der Waals surface area contributed by atoms with Crippen LogP contribution in [0.2, 0.25) is 0 Å². The Balaban J connectivity index is 1.45. The van der Waals surface area contributed by atoms with Crippen LogP contribution in [-0.2, 0) is 25.8 Å². The molecule has 0 spiro atoms. The summed E-state index contributed by atoms with van der Waals surface area (Å²) < 4.78 is 63.4. The number of benzene rings is 1. The van der Waals surface area contributed by atoms with E-state index in [0.29, 0.717) is 12.8 Å². The van der Waals surface area contributed by atoms with Crippen molar-refractivity contribution < 1.29 is 35.9 Å². The normalized spacial score (nSPS) is 24.0. The zero-order valence-corrected chi connectivity index (χ0v) is 16.3. The number of rotatable bonds is 6. The number of carbonyl (C=O) groups excluding carboxylic acids is 2. The van der Waals surface area contributed by atoms with E-state index in [1.54, 1.807) is 0 Å². The van der Waals surface area contributed by atoms with Gasteiger partial charge in [0.1, 0.15) is 5.75 Å². The van der Waals surface area contributed by atoms with Crippen molar-refractivity contribution in [2.24, 2.45) is 5.92 Å². The van der Waals surface area contributed by atoms with E-state index in [4.69, 9.17) is 0 Å². The standard InChI is InChI=1S/C18H21F3N2O5S/c19-18(20,21)28-15-3-1-12(2-4-15)5-7-22-17(25)13-9-16(24)23(10-13)14-6-8-29(26,27)11-14/h1-4,13-14H,5-11H2,(H,22,25)/t13-,14-/m0/s1. The maximum atomic E-state index is 12.3. The lowest BCUT2D eigenvalue weighted by Crippen LogP contribution is -2.39. The second-order valence-electron chi connectivity index (χ2n) is 7.24. The first-order chi connectivity index (χ1) is 13.5. The van der Waals surface area contributed by atoms with Gasteiger partial charge in [-0.3, -0.25) is 9.59 Å². The molecule has 3 rings (SSSR count). The molecule has 1 aromatic rings. The summed E-state index contributed by atoms with van der Waals surface area (Å²) in [5.74, 6) is -1.35. The fourth-order valence-corrected chi connectivity index (χ4v) is 5.34. The summed E-state index contributed by atoms with van der Waals surface area (Å²) in [5.41, 5.74) is 0.722. The lowest BCUT2D eigenvalue weighted by atomic mass is 10.1. The van der Waals surface area contributed by atoms with Crippen LogP contribution >= 0.6 is 0 Å². The highest BCUT2D eigenvalue weighted by Crippen LogP contribution is 2.26. The number of likely N-dealkylation sites (tertiary alicyclic amines) is 1. The van der Waals surface area contributed by atoms with Crippen molar-refractivity contribution in [1.82, 2.24) is 10.2 Å². The molecule has 2 aliphatic rings. The number of nitrogens with zero attached hydrogens (tertiary/aromatic N) is 1. The fourth-order valence-electron chi connectivity index (χ4n) is 3.61. The Hall–Kier alpha value is -2.30. The van der Waals surface area contributed by atoms with Crippen molar-refractivity contribution in [1.29, 1.82) is 0 Å². The summed E-state index contributed by atoms with van der Waals surface area (Å²) in [7, 11) is -3.12. The summed E-state index contributed by atoms with van der Waals surface area (Å²) in [6, 6.07) is 5.01. The molecule has 2 saturated heterocycles. The zero-order chi connectivity index (χ0) is 21.2. The van der Waals surface area contributed by atoms with E-state index in [-0.39, 0.29) is 54.6 Å². The van der Waals surface area contributed by atoms with Gasteiger partial charge in [0.25, 0.3) is 0 Å². The third kappa shape index (κ3) is 5.84. The lowest BCUT2D eigenvalue weighted by molar-refractivity contribution is -0.274. The minimum Gasteiger partial charge on any atom is -0.406 e. The molecule has 2 heterocycles. The predicted octanol–water partition coefficient (Wildman–Crippen LogP) is 1.28. The first-order valence-corrected chi connectivity index (χ1v) is 11.0. The molecule has 0 saturated carbocycles. The Labute approximate surface area is 166 Å². The summed E-state index contributed by atoms with van der Waals surface area (Å²) in [4.78, 5) is 26.0. The van der Waals surface area contributed by atoms with Crippen LogP contribution < -0.4 is 10.1 Å². The molecule has 0 aliphatic carbocycles. The van der Waals surface area contributed by atoms with Gasteiger partial charge in [-0.2, -0.15) is 0 Å². The van der Waals surface area contributed by atoms with Gasteiger partial charge in [-0.25, -0.2) is 8.42 Å². The summed E-state index contributed by atoms with van der Waals surface area (Å²) in [5, 5.41) is 2.73. The molecule has 7 nitrogen and oxygen atoms in total. The number of hydrogen-bond acceptors (Lipinski definition) is 5. The average Bonchev–Trinajstić information content (AvgIpc) is 3.17. The van der Waals surface area contributed by atoms with Crippen LogP contribution in [0.4, 0.5) is 13.2 Å². The first-order valence-electron chi connectivity index (χ1n) is 9.15. The molecule has 1 N–H and O–H groups in total. The van der Waals surface area contributed by atoms with Gasteiger partial charge < -0.3 is 15.0 Å². The number of halogens is 3. The van der Waals surface area contributed by atoms with Gasteiger partial charge in [0, 0.05) is 25.6 Å². The number of ether oxygens (including phenoxy) is 1. The average molecular weight is 434 g/mol. The molecule has 160 valence electrons. The van der Waals surface area contributed by atoms with Crippen LogP contribution in [0.1, 0.15) is 18.4 Å². The fraction of sp³-hybridized carbons (Fsp3) is 0.556. The Morgan fingerprint density at radius 2 is 1.93 bits per heavy atom. The number of hydrogen-bond donors (Lipinski definition) is 1. The third-order valence-electron chi connectivity index (χ3n) is 5.05. The van der Waals surface area contributed by atoms with Crippen LogP contribution in [0.25, 0.3) is 0 Å². The van der Waals surface area contributed by atoms with Crippen molar-refractivity contribution in [3.63, 3.8) is 0 Å². The summed E-state index contributed by atoms with van der Waals surface area (Å²) >= 11 is 0. The number of sulfone groups is 1. The van der Waals surface area contributed by atoms with Crippen LogP contribution in [-0.4, -0.2) is 62.1 Å². The molecule has 2 aliphatic heterocycles. The Bertz CT molecular complexity index is 870. The van der Waals surface area contributed by atoms with Gasteiger partial charge in [-0.15, -0.1) is 13.2 Å². The third-order valence-corrected chi connectivity index (χ3v) is 6.80. The summed E-state index contributed by atoms with van der Waals surface area (Å²) in [6.07, 6.45) is -3.89. The second kappa shape index (κ2) is 8.21. The lowest BCUT2D eigenvalue weighted by Gasteiger charge is -2.22. The molecular weight excluding hydrogens is 413 g/mol. The molecule has 2 amide bonds. The highest BCUT2D eigenvalue weighted by Gasteiger charge is 2.41. The SMILES string of the molecule is O=C(NCCc1ccc(OC(F)(F)F)cc1)[C@H]1CC(=O)N([C@H]2CCS(=O)(=O)C2)C1. The van der Waals surface area contributed by atoms with Crippen LogP contribution in [0.3, 0.4) is 0 Å². The van der Waals surface area contributed by atoms with E-state index in [1.165, 1.54) is 29.2 Å². The van der Waals surface area contributed by atoms with Gasteiger partial charge in [0.05, 0.1) is 17.4 Å². The number of amides is 2. The quantitative estimate of drug-likeness (QED) is 0.728.